The number of rotatable bonds is 6. The fourth-order valence-electron chi connectivity index (χ4n) is 9.24. The van der Waals surface area contributed by atoms with Crippen molar-refractivity contribution in [3.8, 4) is 0 Å². The van der Waals surface area contributed by atoms with E-state index >= 15 is 0 Å². The molecular weight excluding hydrogens is 596 g/mol. The average molecular weight is 641 g/mol. The van der Waals surface area contributed by atoms with Crippen molar-refractivity contribution in [2.75, 3.05) is 6.61 Å². The van der Waals surface area contributed by atoms with E-state index in [2.05, 4.69) is 0 Å². The molecule has 2 heterocycles. The second-order valence-electron chi connectivity index (χ2n) is 14.1. The van der Waals surface area contributed by atoms with Crippen LogP contribution < -0.4 is 0 Å². The Morgan fingerprint density at radius 3 is 2.30 bits per heavy atom. The van der Waals surface area contributed by atoms with Crippen LogP contribution in [0.1, 0.15) is 71.7 Å². The second-order valence-corrected chi connectivity index (χ2v) is 14.1. The number of carbonyl (C=O) groups is 3. The first-order chi connectivity index (χ1) is 21.6. The van der Waals surface area contributed by atoms with Crippen molar-refractivity contribution in [1.29, 1.82) is 0 Å². The van der Waals surface area contributed by atoms with Crippen LogP contribution in [0.2, 0.25) is 0 Å². The lowest BCUT2D eigenvalue weighted by Gasteiger charge is -2.67. The Morgan fingerprint density at radius 2 is 1.74 bits per heavy atom. The zero-order valence-electron chi connectivity index (χ0n) is 27.4. The number of aliphatic hydroxyl groups is 2. The normalized spacial score (nSPS) is 41.4. The molecule has 2 saturated carbocycles. The second kappa shape index (κ2) is 11.3. The van der Waals surface area contributed by atoms with Crippen molar-refractivity contribution in [3.63, 3.8) is 0 Å². The largest absolute Gasteiger partial charge is 0.457 e. The highest BCUT2D eigenvalue weighted by Crippen LogP contribution is 2.69. The summed E-state index contributed by atoms with van der Waals surface area (Å²) in [6.45, 7) is 11.3. The number of aliphatic hydroxyl groups excluding tert-OH is 1. The molecule has 1 aromatic carbocycles. The molecule has 250 valence electrons. The summed E-state index contributed by atoms with van der Waals surface area (Å²) in [5.41, 5.74) is -4.52. The van der Waals surface area contributed by atoms with Gasteiger partial charge in [-0.05, 0) is 63.5 Å². The van der Waals surface area contributed by atoms with E-state index in [1.165, 1.54) is 13.8 Å². The van der Waals surface area contributed by atoms with Gasteiger partial charge in [-0.3, -0.25) is 9.59 Å². The highest BCUT2D eigenvalue weighted by molar-refractivity contribution is 5.89. The zero-order chi connectivity index (χ0) is 33.4. The summed E-state index contributed by atoms with van der Waals surface area (Å²) in [5, 5.41) is 24.0. The molecule has 4 unspecified atom stereocenters. The third kappa shape index (κ3) is 4.61. The molecule has 1 aromatic rings. The molecule has 4 fully saturated rings. The standard InChI is InChI=1S/C35H44O11/c1-8-12-25-43-23-15-24-35(17-41-24,46-20(4)37)28-30(45-31(39)21-13-10-9-11-14-21)34(32(5,6)40)16-22(38)18(2)26(34)27(42-19(3)36)29(44-25)33(23,28)7/h8-14,22-25,27-30,38,40H,15-17H2,1-7H3/b12-8-/t22-,23?,24?,25?,27-,28-,29-,30-,33-,34?,35-/m0/s1. The molecular formula is C35H44O11. The van der Waals surface area contributed by atoms with Gasteiger partial charge < -0.3 is 38.6 Å². The van der Waals surface area contributed by atoms with E-state index < -0.39 is 88.8 Å². The molecule has 11 atom stereocenters. The van der Waals surface area contributed by atoms with E-state index in [1.807, 2.05) is 13.8 Å². The van der Waals surface area contributed by atoms with E-state index in [-0.39, 0.29) is 18.6 Å². The lowest BCUT2D eigenvalue weighted by atomic mass is 9.49. The molecule has 0 bridgehead atoms. The molecule has 5 aliphatic rings. The van der Waals surface area contributed by atoms with E-state index in [4.69, 9.17) is 28.4 Å². The zero-order valence-corrected chi connectivity index (χ0v) is 27.4. The number of benzene rings is 1. The molecule has 6 rings (SSSR count). The first kappa shape index (κ1) is 32.8. The van der Waals surface area contributed by atoms with Gasteiger partial charge in [0.1, 0.15) is 18.3 Å². The van der Waals surface area contributed by atoms with E-state index in [9.17, 15) is 24.6 Å². The maximum absolute atomic E-state index is 14.1. The minimum atomic E-state index is -1.68. The summed E-state index contributed by atoms with van der Waals surface area (Å²) in [4.78, 5) is 39.9. The van der Waals surface area contributed by atoms with Gasteiger partial charge >= 0.3 is 17.9 Å². The molecule has 11 heteroatoms. The van der Waals surface area contributed by atoms with Gasteiger partial charge in [-0.15, -0.1) is 0 Å². The SMILES string of the molecule is C/C=C\C1OC2CC3OC[C@@]3(OC(C)=O)[C@H]3[C@H](OC(=O)c4ccccc4)C4(C(C)(C)O)C[C@H](O)C(C)=C4[C@H](OC(C)=O)[C@H](O1)[C@@]23C. The summed E-state index contributed by atoms with van der Waals surface area (Å²) in [6, 6.07) is 8.47. The van der Waals surface area contributed by atoms with E-state index in [0.29, 0.717) is 17.6 Å². The van der Waals surface area contributed by atoms with Gasteiger partial charge in [-0.25, -0.2) is 4.79 Å². The number of allylic oxidation sites excluding steroid dienone is 1. The summed E-state index contributed by atoms with van der Waals surface area (Å²) >= 11 is 0. The van der Waals surface area contributed by atoms with Crippen LogP contribution >= 0.6 is 0 Å². The lowest BCUT2D eigenvalue weighted by molar-refractivity contribution is -0.392. The van der Waals surface area contributed by atoms with Crippen molar-refractivity contribution in [2.45, 2.75) is 115 Å². The van der Waals surface area contributed by atoms with Crippen molar-refractivity contribution >= 4 is 17.9 Å². The highest BCUT2D eigenvalue weighted by Gasteiger charge is 2.80. The summed E-state index contributed by atoms with van der Waals surface area (Å²) in [7, 11) is 0. The van der Waals surface area contributed by atoms with Crippen molar-refractivity contribution in [3.05, 3.63) is 59.2 Å². The van der Waals surface area contributed by atoms with Crippen LogP contribution in [-0.2, 0) is 38.0 Å². The minimum absolute atomic E-state index is 0.00459. The van der Waals surface area contributed by atoms with Crippen LogP contribution in [0.3, 0.4) is 0 Å². The van der Waals surface area contributed by atoms with Gasteiger partial charge in [-0.1, -0.05) is 31.2 Å². The third-order valence-electron chi connectivity index (χ3n) is 11.1. The Hall–Kier alpha value is -3.09. The predicted octanol–water partition coefficient (Wildman–Crippen LogP) is 3.41. The highest BCUT2D eigenvalue weighted by atomic mass is 16.7. The van der Waals surface area contributed by atoms with Crippen LogP contribution in [0, 0.1) is 16.7 Å². The molecule has 2 aliphatic heterocycles. The fourth-order valence-corrected chi connectivity index (χ4v) is 9.24. The predicted molar refractivity (Wildman–Crippen MR) is 162 cm³/mol. The molecule has 0 radical (unpaired) electrons. The first-order valence-corrected chi connectivity index (χ1v) is 15.9. The van der Waals surface area contributed by atoms with E-state index in [0.717, 1.165) is 0 Å². The van der Waals surface area contributed by atoms with Crippen LogP contribution in [0.4, 0.5) is 0 Å². The Balaban J connectivity index is 1.70. The molecule has 0 amide bonds. The molecule has 2 N–H and O–H groups in total. The quantitative estimate of drug-likeness (QED) is 0.268. The maximum atomic E-state index is 14.1. The Morgan fingerprint density at radius 1 is 1.04 bits per heavy atom. The monoisotopic (exact) mass is 640 g/mol. The molecule has 0 aromatic heterocycles. The number of carbonyl (C=O) groups excluding carboxylic acids is 3. The van der Waals surface area contributed by atoms with Gasteiger partial charge in [0.05, 0.1) is 41.3 Å². The van der Waals surface area contributed by atoms with E-state index in [1.54, 1.807) is 63.3 Å². The third-order valence-corrected chi connectivity index (χ3v) is 11.1. The van der Waals surface area contributed by atoms with Gasteiger partial charge in [0.15, 0.2) is 18.0 Å². The van der Waals surface area contributed by atoms with Crippen molar-refractivity contribution in [2.24, 2.45) is 16.7 Å². The van der Waals surface area contributed by atoms with Crippen LogP contribution in [0.25, 0.3) is 0 Å². The number of esters is 3. The topological polar surface area (TPSA) is 147 Å². The maximum Gasteiger partial charge on any atom is 0.338 e. The number of hydrogen-bond acceptors (Lipinski definition) is 11. The number of fused-ring (bicyclic) bond motifs is 3. The Labute approximate surface area is 268 Å². The smallest absolute Gasteiger partial charge is 0.338 e. The molecule has 3 aliphatic carbocycles. The number of ether oxygens (including phenoxy) is 6. The van der Waals surface area contributed by atoms with Crippen molar-refractivity contribution in [1.82, 2.24) is 0 Å². The molecule has 0 spiro atoms. The van der Waals surface area contributed by atoms with Crippen LogP contribution in [0.5, 0.6) is 0 Å². The van der Waals surface area contributed by atoms with Gasteiger partial charge in [0, 0.05) is 25.7 Å². The molecule has 11 nitrogen and oxygen atoms in total. The van der Waals surface area contributed by atoms with Crippen LogP contribution in [-0.4, -0.2) is 88.8 Å². The molecule has 2 saturated heterocycles. The fraction of sp³-hybridized carbons (Fsp3) is 0.629. The van der Waals surface area contributed by atoms with Gasteiger partial charge in [0.25, 0.3) is 0 Å². The molecule has 46 heavy (non-hydrogen) atoms. The number of hydrogen-bond donors (Lipinski definition) is 2. The summed E-state index contributed by atoms with van der Waals surface area (Å²) in [6.07, 6.45) is -2.65. The average Bonchev–Trinajstić information content (AvgIpc) is 3.21. The first-order valence-electron chi connectivity index (χ1n) is 15.9. The van der Waals surface area contributed by atoms with Crippen molar-refractivity contribution < 1.29 is 53.0 Å². The lowest BCUT2D eigenvalue weighted by Crippen LogP contribution is -2.80. The van der Waals surface area contributed by atoms with Crippen LogP contribution in [0.15, 0.2) is 53.6 Å². The minimum Gasteiger partial charge on any atom is -0.457 e. The van der Waals surface area contributed by atoms with Gasteiger partial charge in [-0.2, -0.15) is 0 Å². The Bertz CT molecular complexity index is 1460. The van der Waals surface area contributed by atoms with Gasteiger partial charge in [0.2, 0.25) is 0 Å². The Kier molecular flexibility index (Phi) is 8.04. The summed E-state index contributed by atoms with van der Waals surface area (Å²) in [5.74, 6) is -2.73. The summed E-state index contributed by atoms with van der Waals surface area (Å²) < 4.78 is 38.4.